The molecular weight excluding hydrogens is 362 g/mol. The molecule has 0 saturated heterocycles. The summed E-state index contributed by atoms with van der Waals surface area (Å²) >= 11 is 0. The molecule has 0 aliphatic rings. The zero-order valence-corrected chi connectivity index (χ0v) is 18.7. The third-order valence-electron chi connectivity index (χ3n) is 5.29. The van der Waals surface area contributed by atoms with Crippen LogP contribution in [-0.2, 0) is 0 Å². The average molecular weight is 402 g/mol. The van der Waals surface area contributed by atoms with Crippen LogP contribution < -0.4 is 10.1 Å². The summed E-state index contributed by atoms with van der Waals surface area (Å²) in [6, 6.07) is 7.88. The molecule has 0 bridgehead atoms. The number of unbranched alkanes of at least 4 members (excludes halogenated alkanes) is 4. The minimum Gasteiger partial charge on any atom is -0.497 e. The van der Waals surface area contributed by atoms with Gasteiger partial charge < -0.3 is 20.1 Å². The number of methoxy groups -OCH3 is 1. The molecule has 2 N–H and O–H groups in total. The number of nitrogens with one attached hydrogen (secondary N) is 1. The minimum absolute atomic E-state index is 0.462. The second-order valence-electron chi connectivity index (χ2n) is 8.29. The maximum atomic E-state index is 11.1. The van der Waals surface area contributed by atoms with Crippen LogP contribution in [0.25, 0.3) is 10.9 Å². The van der Waals surface area contributed by atoms with Crippen molar-refractivity contribution in [3.05, 3.63) is 30.5 Å². The van der Waals surface area contributed by atoms with E-state index in [1.54, 1.807) is 13.3 Å². The summed E-state index contributed by atoms with van der Waals surface area (Å²) in [6.45, 7) is 9.62. The lowest BCUT2D eigenvalue weighted by atomic mass is 10.0. The quantitative estimate of drug-likeness (QED) is 0.432. The van der Waals surface area contributed by atoms with Crippen LogP contribution in [0.3, 0.4) is 0 Å². The largest absolute Gasteiger partial charge is 0.497 e. The molecule has 5 heteroatoms. The Labute approximate surface area is 176 Å². The van der Waals surface area contributed by atoms with Crippen molar-refractivity contribution < 1.29 is 9.84 Å². The Balaban J connectivity index is 2.04. The lowest BCUT2D eigenvalue weighted by Crippen LogP contribution is -2.46. The number of aromatic nitrogens is 1. The number of fused-ring (bicyclic) bond motifs is 1. The minimum atomic E-state index is -0.831. The van der Waals surface area contributed by atoms with E-state index < -0.39 is 5.60 Å². The van der Waals surface area contributed by atoms with Gasteiger partial charge in [-0.3, -0.25) is 4.98 Å². The van der Waals surface area contributed by atoms with Crippen molar-refractivity contribution in [2.45, 2.75) is 64.9 Å². The number of hydrogen-bond donors (Lipinski definition) is 2. The summed E-state index contributed by atoms with van der Waals surface area (Å²) < 4.78 is 5.43. The Hall–Kier alpha value is -1.85. The first-order valence-corrected chi connectivity index (χ1v) is 11.1. The number of anilines is 1. The normalized spacial score (nSPS) is 13.6. The lowest BCUT2D eigenvalue weighted by molar-refractivity contribution is 0.0298. The van der Waals surface area contributed by atoms with Crippen molar-refractivity contribution in [3.8, 4) is 5.75 Å². The van der Waals surface area contributed by atoms with Gasteiger partial charge in [0.1, 0.15) is 5.75 Å². The van der Waals surface area contributed by atoms with Crippen LogP contribution in [-0.4, -0.2) is 53.9 Å². The maximum Gasteiger partial charge on any atom is 0.121 e. The molecule has 162 valence electrons. The van der Waals surface area contributed by atoms with Gasteiger partial charge in [-0.25, -0.2) is 0 Å². The topological polar surface area (TPSA) is 57.6 Å². The molecule has 0 saturated carbocycles. The van der Waals surface area contributed by atoms with Gasteiger partial charge >= 0.3 is 0 Å². The molecule has 29 heavy (non-hydrogen) atoms. The summed E-state index contributed by atoms with van der Waals surface area (Å²) in [6.07, 6.45) is 9.10. The second kappa shape index (κ2) is 12.0. The summed E-state index contributed by atoms with van der Waals surface area (Å²) in [7, 11) is 1.67. The molecule has 0 radical (unpaired) electrons. The van der Waals surface area contributed by atoms with E-state index in [0.29, 0.717) is 13.1 Å². The zero-order valence-electron chi connectivity index (χ0n) is 18.7. The van der Waals surface area contributed by atoms with E-state index in [0.717, 1.165) is 35.4 Å². The molecule has 5 nitrogen and oxygen atoms in total. The second-order valence-corrected chi connectivity index (χ2v) is 8.29. The molecule has 1 atom stereocenters. The number of hydrogen-bond acceptors (Lipinski definition) is 5. The number of nitrogens with zero attached hydrogens (tertiary/aromatic N) is 2. The highest BCUT2D eigenvalue weighted by molar-refractivity contribution is 5.91. The van der Waals surface area contributed by atoms with Crippen molar-refractivity contribution in [3.63, 3.8) is 0 Å². The smallest absolute Gasteiger partial charge is 0.121 e. The fourth-order valence-electron chi connectivity index (χ4n) is 3.68. The third-order valence-corrected chi connectivity index (χ3v) is 5.29. The summed E-state index contributed by atoms with van der Waals surface area (Å²) in [5.41, 5.74) is 0.957. The standard InChI is InChI=1S/C24H39N3O2/c1-5-7-9-14-27(15-10-8-6-2)19-24(3,28)18-26-22-17-21(29-4)16-20-12-11-13-25-23(20)22/h11-13,16-17,26,28H,5-10,14-15,18-19H2,1-4H3/t24-/m1/s1. The monoisotopic (exact) mass is 401 g/mol. The fourth-order valence-corrected chi connectivity index (χ4v) is 3.68. The molecule has 0 fully saturated rings. The molecule has 1 aromatic carbocycles. The molecule has 1 aromatic heterocycles. The van der Waals surface area contributed by atoms with Gasteiger partial charge in [0.15, 0.2) is 0 Å². The number of aliphatic hydroxyl groups is 1. The lowest BCUT2D eigenvalue weighted by Gasteiger charge is -2.32. The van der Waals surface area contributed by atoms with Gasteiger partial charge in [0.05, 0.1) is 23.9 Å². The SMILES string of the molecule is CCCCCN(CCCCC)C[C@](C)(O)CNc1cc(OC)cc2cccnc12. The highest BCUT2D eigenvalue weighted by Crippen LogP contribution is 2.28. The van der Waals surface area contributed by atoms with E-state index in [9.17, 15) is 5.11 Å². The highest BCUT2D eigenvalue weighted by Gasteiger charge is 2.24. The van der Waals surface area contributed by atoms with Crippen LogP contribution in [0.1, 0.15) is 59.3 Å². The first kappa shape index (κ1) is 23.4. The summed E-state index contributed by atoms with van der Waals surface area (Å²) in [4.78, 5) is 6.93. The van der Waals surface area contributed by atoms with Crippen molar-refractivity contribution in [1.82, 2.24) is 9.88 Å². The predicted octanol–water partition coefficient (Wildman–Crippen LogP) is 5.09. The first-order valence-electron chi connectivity index (χ1n) is 11.1. The average Bonchev–Trinajstić information content (AvgIpc) is 2.71. The van der Waals surface area contributed by atoms with E-state index in [1.165, 1.54) is 38.5 Å². The molecule has 0 spiro atoms. The zero-order chi connectivity index (χ0) is 21.1. The first-order chi connectivity index (χ1) is 14.0. The summed E-state index contributed by atoms with van der Waals surface area (Å²) in [5, 5.41) is 15.5. The Bertz CT molecular complexity index is 723. The van der Waals surface area contributed by atoms with E-state index in [1.807, 2.05) is 31.2 Å². The fraction of sp³-hybridized carbons (Fsp3) is 0.625. The number of benzene rings is 1. The van der Waals surface area contributed by atoms with Crippen LogP contribution in [0.5, 0.6) is 5.75 Å². The van der Waals surface area contributed by atoms with Gasteiger partial charge in [0, 0.05) is 30.7 Å². The molecule has 0 amide bonds. The van der Waals surface area contributed by atoms with Crippen molar-refractivity contribution >= 4 is 16.6 Å². The van der Waals surface area contributed by atoms with Crippen LogP contribution >= 0.6 is 0 Å². The molecule has 1 heterocycles. The van der Waals surface area contributed by atoms with Crippen LogP contribution in [0, 0.1) is 0 Å². The molecule has 0 unspecified atom stereocenters. The Morgan fingerprint density at radius 2 is 1.79 bits per heavy atom. The van der Waals surface area contributed by atoms with Gasteiger partial charge in [-0.05, 0) is 45.0 Å². The number of rotatable bonds is 14. The molecule has 2 aromatic rings. The van der Waals surface area contributed by atoms with Gasteiger partial charge in [-0.15, -0.1) is 0 Å². The van der Waals surface area contributed by atoms with Gasteiger partial charge in [-0.1, -0.05) is 45.6 Å². The summed E-state index contributed by atoms with van der Waals surface area (Å²) in [5.74, 6) is 0.786. The van der Waals surface area contributed by atoms with Crippen molar-refractivity contribution in [2.24, 2.45) is 0 Å². The van der Waals surface area contributed by atoms with E-state index in [4.69, 9.17) is 4.74 Å². The van der Waals surface area contributed by atoms with Gasteiger partial charge in [-0.2, -0.15) is 0 Å². The Morgan fingerprint density at radius 3 is 2.41 bits per heavy atom. The number of ether oxygens (including phenoxy) is 1. The van der Waals surface area contributed by atoms with E-state index in [-0.39, 0.29) is 0 Å². The molecule has 2 rings (SSSR count). The predicted molar refractivity (Wildman–Crippen MR) is 123 cm³/mol. The van der Waals surface area contributed by atoms with Gasteiger partial charge in [0.2, 0.25) is 0 Å². The van der Waals surface area contributed by atoms with E-state index in [2.05, 4.69) is 29.0 Å². The van der Waals surface area contributed by atoms with Crippen LogP contribution in [0.4, 0.5) is 5.69 Å². The van der Waals surface area contributed by atoms with Crippen LogP contribution in [0.2, 0.25) is 0 Å². The van der Waals surface area contributed by atoms with Gasteiger partial charge in [0.25, 0.3) is 0 Å². The molecule has 0 aliphatic carbocycles. The molecular formula is C24H39N3O2. The van der Waals surface area contributed by atoms with Crippen molar-refractivity contribution in [1.29, 1.82) is 0 Å². The Morgan fingerprint density at radius 1 is 1.10 bits per heavy atom. The van der Waals surface area contributed by atoms with E-state index >= 15 is 0 Å². The Kier molecular flexibility index (Phi) is 9.68. The number of pyridine rings is 1. The van der Waals surface area contributed by atoms with Crippen molar-refractivity contribution in [2.75, 3.05) is 38.6 Å². The van der Waals surface area contributed by atoms with Crippen LogP contribution in [0.15, 0.2) is 30.5 Å². The maximum absolute atomic E-state index is 11.1. The highest BCUT2D eigenvalue weighted by atomic mass is 16.5. The third kappa shape index (κ3) is 7.82. The molecule has 0 aliphatic heterocycles.